The second kappa shape index (κ2) is 30.0. The maximum atomic E-state index is 12.1. The van der Waals surface area contributed by atoms with E-state index in [0.29, 0.717) is 49.0 Å². The number of unbranched alkanes of at least 4 members (excludes halogenated alkanes) is 4. The van der Waals surface area contributed by atoms with Crippen molar-refractivity contribution in [3.63, 3.8) is 0 Å². The maximum absolute atomic E-state index is 12.1. The van der Waals surface area contributed by atoms with E-state index in [4.69, 9.17) is 8.83 Å². The minimum absolute atomic E-state index is 0. The lowest BCUT2D eigenvalue weighted by molar-refractivity contribution is -0.141. The van der Waals surface area contributed by atoms with E-state index >= 15 is 0 Å². The fourth-order valence-electron chi connectivity index (χ4n) is 4.90. The van der Waals surface area contributed by atoms with Gasteiger partial charge in [-0.05, 0) is 50.7 Å². The first-order valence-electron chi connectivity index (χ1n) is 17.6. The first-order chi connectivity index (χ1) is 24.0. The molecule has 0 amide bonds. The molecule has 0 aliphatic heterocycles. The van der Waals surface area contributed by atoms with Gasteiger partial charge in [0.2, 0.25) is 0 Å². The molecule has 0 saturated heterocycles. The summed E-state index contributed by atoms with van der Waals surface area (Å²) in [6.07, 6.45) is 13.1. The van der Waals surface area contributed by atoms with Crippen LogP contribution in [0.15, 0.2) is 45.6 Å². The average Bonchev–Trinajstić information content (AvgIpc) is 3.79. The molecular formula is C40H66O12. The number of hydrogen-bond donors (Lipinski definition) is 5. The number of ketones is 1. The molecule has 0 aromatic carbocycles. The molecule has 52 heavy (non-hydrogen) atoms. The van der Waals surface area contributed by atoms with Crippen LogP contribution in [0.4, 0.5) is 0 Å². The molecule has 0 unspecified atom stereocenters. The van der Waals surface area contributed by atoms with Crippen molar-refractivity contribution in [1.82, 2.24) is 0 Å². The van der Waals surface area contributed by atoms with Crippen molar-refractivity contribution in [3.05, 3.63) is 59.5 Å². The zero-order valence-electron chi connectivity index (χ0n) is 30.0. The Morgan fingerprint density at radius 1 is 0.654 bits per heavy atom. The largest absolute Gasteiger partial charge is 0.469 e. The molecule has 0 fully saturated rings. The van der Waals surface area contributed by atoms with Crippen LogP contribution in [0, 0.1) is 0 Å². The molecule has 0 spiro atoms. The summed E-state index contributed by atoms with van der Waals surface area (Å²) < 4.78 is 19.7. The number of aliphatic hydroxyl groups excluding tert-OH is 5. The van der Waals surface area contributed by atoms with Crippen molar-refractivity contribution in [1.29, 1.82) is 0 Å². The fourth-order valence-corrected chi connectivity index (χ4v) is 4.90. The van der Waals surface area contributed by atoms with Crippen LogP contribution < -0.4 is 0 Å². The minimum atomic E-state index is -1.09. The number of furan rings is 2. The summed E-state index contributed by atoms with van der Waals surface area (Å²) in [4.78, 5) is 34.2. The van der Waals surface area contributed by atoms with Crippen molar-refractivity contribution < 1.29 is 58.2 Å². The van der Waals surface area contributed by atoms with E-state index in [-0.39, 0.29) is 57.6 Å². The van der Waals surface area contributed by atoms with Gasteiger partial charge in [0.1, 0.15) is 11.9 Å². The van der Waals surface area contributed by atoms with Crippen molar-refractivity contribution in [2.24, 2.45) is 0 Å². The van der Waals surface area contributed by atoms with Gasteiger partial charge in [-0.2, -0.15) is 0 Å². The molecule has 12 heteroatoms. The smallest absolute Gasteiger partial charge is 0.305 e. The summed E-state index contributed by atoms with van der Waals surface area (Å²) in [6, 6.07) is 3.37. The van der Waals surface area contributed by atoms with Crippen LogP contribution >= 0.6 is 0 Å². The van der Waals surface area contributed by atoms with E-state index in [1.807, 2.05) is 0 Å². The number of Topliss-reactive ketones (excluding diaryl/α,β-unsaturated/α-hetero) is 1. The lowest BCUT2D eigenvalue weighted by Gasteiger charge is -2.14. The molecule has 0 aliphatic rings. The summed E-state index contributed by atoms with van der Waals surface area (Å²) in [7, 11) is 2.62. The maximum Gasteiger partial charge on any atom is 0.305 e. The predicted octanol–water partition coefficient (Wildman–Crippen LogP) is 7.36. The molecule has 0 aliphatic carbocycles. The number of hydrogen-bond acceptors (Lipinski definition) is 12. The third-order valence-electron chi connectivity index (χ3n) is 8.02. The normalized spacial score (nSPS) is 13.9. The highest BCUT2D eigenvalue weighted by molar-refractivity contribution is 5.96. The SMILES string of the molecule is C.C.CCCCCC(=O)c1occc1/C=C/[C@@H](O)[C@@H](O)CCCC(=O)OC.CCCCC[C@@H](O)c1occc1/C=C/[C@@H](O)[C@@H](O)CCCC(=O)OC. The number of carbonyl (C=O) groups excluding carboxylic acids is 3. The van der Waals surface area contributed by atoms with Gasteiger partial charge in [-0.15, -0.1) is 0 Å². The van der Waals surface area contributed by atoms with Crippen LogP contribution in [0.25, 0.3) is 12.2 Å². The van der Waals surface area contributed by atoms with Crippen LogP contribution in [0.5, 0.6) is 0 Å². The second-order valence-electron chi connectivity index (χ2n) is 12.1. The zero-order valence-corrected chi connectivity index (χ0v) is 30.0. The van der Waals surface area contributed by atoms with Gasteiger partial charge in [0.15, 0.2) is 11.5 Å². The van der Waals surface area contributed by atoms with Crippen LogP contribution in [0.2, 0.25) is 0 Å². The van der Waals surface area contributed by atoms with E-state index in [1.165, 1.54) is 38.9 Å². The van der Waals surface area contributed by atoms with Crippen LogP contribution in [-0.4, -0.2) is 81.9 Å². The summed E-state index contributed by atoms with van der Waals surface area (Å²) in [5.74, 6) is 0.00451. The molecule has 0 saturated carbocycles. The molecule has 2 rings (SSSR count). The molecule has 298 valence electrons. The first kappa shape index (κ1) is 50.6. The first-order valence-corrected chi connectivity index (χ1v) is 17.6. The van der Waals surface area contributed by atoms with Crippen molar-refractivity contribution in [2.75, 3.05) is 14.2 Å². The van der Waals surface area contributed by atoms with Gasteiger partial charge >= 0.3 is 11.9 Å². The van der Waals surface area contributed by atoms with E-state index in [0.717, 1.165) is 38.5 Å². The number of rotatable bonds is 24. The summed E-state index contributed by atoms with van der Waals surface area (Å²) in [6.45, 7) is 4.18. The van der Waals surface area contributed by atoms with Crippen molar-refractivity contribution >= 4 is 29.9 Å². The highest BCUT2D eigenvalue weighted by Gasteiger charge is 2.18. The van der Waals surface area contributed by atoms with E-state index in [9.17, 15) is 39.9 Å². The lowest BCUT2D eigenvalue weighted by atomic mass is 10.0. The Labute approximate surface area is 310 Å². The van der Waals surface area contributed by atoms with Crippen molar-refractivity contribution in [2.45, 2.75) is 149 Å². The zero-order chi connectivity index (χ0) is 37.3. The Balaban J connectivity index is 0. The number of methoxy groups -OCH3 is 2. The molecule has 0 radical (unpaired) electrons. The third-order valence-corrected chi connectivity index (χ3v) is 8.02. The molecule has 0 bridgehead atoms. The van der Waals surface area contributed by atoms with Gasteiger partial charge in [-0.1, -0.05) is 85.1 Å². The number of carbonyl (C=O) groups is 3. The molecule has 2 aromatic heterocycles. The fraction of sp³-hybridized carbons (Fsp3) is 0.625. The second-order valence-corrected chi connectivity index (χ2v) is 12.1. The minimum Gasteiger partial charge on any atom is -0.469 e. The summed E-state index contributed by atoms with van der Waals surface area (Å²) >= 11 is 0. The van der Waals surface area contributed by atoms with Gasteiger partial charge in [-0.25, -0.2) is 0 Å². The monoisotopic (exact) mass is 738 g/mol. The highest BCUT2D eigenvalue weighted by Crippen LogP contribution is 2.26. The van der Waals surface area contributed by atoms with Gasteiger partial charge in [0.25, 0.3) is 0 Å². The molecule has 2 heterocycles. The Kier molecular flexibility index (Phi) is 29.1. The van der Waals surface area contributed by atoms with Crippen LogP contribution in [-0.2, 0) is 19.1 Å². The predicted molar refractivity (Wildman–Crippen MR) is 202 cm³/mol. The van der Waals surface area contributed by atoms with Crippen LogP contribution in [0.1, 0.15) is 152 Å². The summed E-state index contributed by atoms with van der Waals surface area (Å²) in [5.41, 5.74) is 1.27. The quantitative estimate of drug-likeness (QED) is 0.0408. The third kappa shape index (κ3) is 20.5. The van der Waals surface area contributed by atoms with E-state index in [1.54, 1.807) is 24.3 Å². The molecule has 5 N–H and O–H groups in total. The Hall–Kier alpha value is -3.55. The molecule has 12 nitrogen and oxygen atoms in total. The molecule has 5 atom stereocenters. The van der Waals surface area contributed by atoms with Gasteiger partial charge in [0, 0.05) is 30.4 Å². The van der Waals surface area contributed by atoms with E-state index in [2.05, 4.69) is 23.3 Å². The Bertz CT molecular complexity index is 1280. The number of ether oxygens (including phenoxy) is 2. The Morgan fingerprint density at radius 3 is 1.65 bits per heavy atom. The van der Waals surface area contributed by atoms with Gasteiger partial charge in [-0.3, -0.25) is 14.4 Å². The topological polar surface area (TPSA) is 197 Å². The molecular weight excluding hydrogens is 672 g/mol. The summed E-state index contributed by atoms with van der Waals surface area (Å²) in [5, 5.41) is 50.0. The number of esters is 2. The standard InChI is InChI=1S/C19H30O6.C19H28O6.2CH4/c2*1-3-4-5-7-17(22)19-14(12-13-25-19)10-11-16(21)15(20)8-6-9-18(23)24-2;;/h10-13,15-17,20-22H,3-9H2,1-2H3;10-13,15-16,20-21H,3-9H2,1-2H3;2*1H4/b2*11-10+;;/t15-,16+,17+;15-,16+;;/m00../s1. The highest BCUT2D eigenvalue weighted by atomic mass is 16.5. The Morgan fingerprint density at radius 2 is 1.13 bits per heavy atom. The van der Waals surface area contributed by atoms with Gasteiger partial charge < -0.3 is 43.8 Å². The number of aliphatic hydroxyl groups is 5. The van der Waals surface area contributed by atoms with Crippen molar-refractivity contribution in [3.8, 4) is 0 Å². The average molecular weight is 739 g/mol. The lowest BCUT2D eigenvalue weighted by Crippen LogP contribution is -2.23. The molecule has 2 aromatic rings. The van der Waals surface area contributed by atoms with Gasteiger partial charge in [0.05, 0.1) is 51.2 Å². The van der Waals surface area contributed by atoms with E-state index < -0.39 is 30.5 Å². The van der Waals surface area contributed by atoms with Crippen LogP contribution in [0.3, 0.4) is 0 Å².